The van der Waals surface area contributed by atoms with Gasteiger partial charge < -0.3 is 9.88 Å². The van der Waals surface area contributed by atoms with Crippen molar-refractivity contribution in [3.63, 3.8) is 0 Å². The van der Waals surface area contributed by atoms with Crippen molar-refractivity contribution in [2.24, 2.45) is 0 Å². The molecule has 0 saturated carbocycles. The second-order valence-electron chi connectivity index (χ2n) is 3.50. The van der Waals surface area contributed by atoms with Crippen LogP contribution in [0.4, 0.5) is 0 Å². The van der Waals surface area contributed by atoms with Crippen molar-refractivity contribution in [1.82, 2.24) is 14.9 Å². The van der Waals surface area contributed by atoms with E-state index in [4.69, 9.17) is 10.5 Å². The molecular weight excluding hydrogens is 190 g/mol. The number of aryl methyl sites for hydroxylation is 1. The van der Waals surface area contributed by atoms with Crippen LogP contribution in [0.2, 0.25) is 0 Å². The molecule has 1 aromatic heterocycles. The molecule has 0 aliphatic rings. The van der Waals surface area contributed by atoms with E-state index in [9.17, 15) is 0 Å². The van der Waals surface area contributed by atoms with Crippen LogP contribution in [0.5, 0.6) is 0 Å². The lowest BCUT2D eigenvalue weighted by Gasteiger charge is -2.20. The molecule has 15 heavy (non-hydrogen) atoms. The molecule has 1 aromatic rings. The average Bonchev–Trinajstić information content (AvgIpc) is 2.73. The number of imidazole rings is 1. The van der Waals surface area contributed by atoms with E-state index in [1.807, 2.05) is 13.0 Å². The van der Waals surface area contributed by atoms with Crippen molar-refractivity contribution in [1.29, 1.82) is 10.5 Å². The first-order chi connectivity index (χ1) is 7.15. The summed E-state index contributed by atoms with van der Waals surface area (Å²) in [6, 6.07) is 4.20. The van der Waals surface area contributed by atoms with Crippen LogP contribution in [0.15, 0.2) is 12.4 Å². The summed E-state index contributed by atoms with van der Waals surface area (Å²) < 4.78 is 1.74. The maximum atomic E-state index is 8.94. The van der Waals surface area contributed by atoms with E-state index in [-0.39, 0.29) is 0 Å². The third kappa shape index (κ3) is 2.55. The van der Waals surface area contributed by atoms with Gasteiger partial charge in [0.25, 0.3) is 0 Å². The van der Waals surface area contributed by atoms with Crippen LogP contribution >= 0.6 is 0 Å². The van der Waals surface area contributed by atoms with Crippen molar-refractivity contribution in [2.45, 2.75) is 25.4 Å². The Morgan fingerprint density at radius 3 is 2.87 bits per heavy atom. The third-order valence-corrected chi connectivity index (χ3v) is 2.47. The van der Waals surface area contributed by atoms with Gasteiger partial charge in [0.1, 0.15) is 11.6 Å². The van der Waals surface area contributed by atoms with Crippen molar-refractivity contribution < 1.29 is 0 Å². The zero-order valence-electron chi connectivity index (χ0n) is 8.86. The summed E-state index contributed by atoms with van der Waals surface area (Å²) in [7, 11) is 1.75. The maximum Gasteiger partial charge on any atom is 0.212 e. The second kappa shape index (κ2) is 4.59. The maximum absolute atomic E-state index is 8.94. The van der Waals surface area contributed by atoms with E-state index < -0.39 is 5.54 Å². The molecule has 0 fully saturated rings. The zero-order valence-corrected chi connectivity index (χ0v) is 8.86. The van der Waals surface area contributed by atoms with E-state index in [0.29, 0.717) is 18.8 Å². The van der Waals surface area contributed by atoms with Gasteiger partial charge in [-0.3, -0.25) is 0 Å². The Morgan fingerprint density at radius 1 is 1.60 bits per heavy atom. The SMILES string of the molecule is CNC(C)(C#N)CCn1ccnc1C#N. The Kier molecular flexibility index (Phi) is 3.43. The van der Waals surface area contributed by atoms with Gasteiger partial charge in [0, 0.05) is 18.9 Å². The fourth-order valence-electron chi connectivity index (χ4n) is 1.18. The van der Waals surface area contributed by atoms with Crippen LogP contribution in [0.1, 0.15) is 19.2 Å². The highest BCUT2D eigenvalue weighted by molar-refractivity contribution is 5.11. The highest BCUT2D eigenvalue weighted by atomic mass is 15.1. The molecule has 1 atom stereocenters. The Bertz CT molecular complexity index is 408. The molecule has 0 amide bonds. The highest BCUT2D eigenvalue weighted by Gasteiger charge is 2.20. The number of nitriles is 2. The van der Waals surface area contributed by atoms with E-state index in [0.717, 1.165) is 0 Å². The van der Waals surface area contributed by atoms with Gasteiger partial charge in [-0.2, -0.15) is 10.5 Å². The first kappa shape index (κ1) is 11.2. The summed E-state index contributed by atoms with van der Waals surface area (Å²) in [6.45, 7) is 2.43. The van der Waals surface area contributed by atoms with Gasteiger partial charge in [-0.25, -0.2) is 4.98 Å². The molecule has 0 radical (unpaired) electrons. The van der Waals surface area contributed by atoms with E-state index >= 15 is 0 Å². The normalized spacial score (nSPS) is 13.9. The summed E-state index contributed by atoms with van der Waals surface area (Å²) in [4.78, 5) is 3.89. The topological polar surface area (TPSA) is 77.4 Å². The number of nitrogens with one attached hydrogen (secondary N) is 1. The molecule has 0 bridgehead atoms. The molecule has 1 heterocycles. The second-order valence-corrected chi connectivity index (χ2v) is 3.50. The third-order valence-electron chi connectivity index (χ3n) is 2.47. The fourth-order valence-corrected chi connectivity index (χ4v) is 1.18. The molecule has 78 valence electrons. The quantitative estimate of drug-likeness (QED) is 0.779. The Labute approximate surface area is 89.0 Å². The van der Waals surface area contributed by atoms with Gasteiger partial charge >= 0.3 is 0 Å². The van der Waals surface area contributed by atoms with Gasteiger partial charge in [-0.1, -0.05) is 0 Å². The monoisotopic (exact) mass is 203 g/mol. The predicted molar refractivity (Wildman–Crippen MR) is 54.6 cm³/mol. The highest BCUT2D eigenvalue weighted by Crippen LogP contribution is 2.10. The summed E-state index contributed by atoms with van der Waals surface area (Å²) in [5, 5.41) is 20.6. The lowest BCUT2D eigenvalue weighted by molar-refractivity contribution is 0.420. The standard InChI is InChI=1S/C10H13N5/c1-10(8-12,13-2)3-5-15-6-4-14-9(15)7-11/h4,6,13H,3,5H2,1-2H3. The largest absolute Gasteiger partial charge is 0.323 e. The van der Waals surface area contributed by atoms with Crippen LogP contribution in [0.25, 0.3) is 0 Å². The Morgan fingerprint density at radius 2 is 2.33 bits per heavy atom. The molecule has 1 rings (SSSR count). The number of hydrogen-bond donors (Lipinski definition) is 1. The predicted octanol–water partition coefficient (Wildman–Crippen LogP) is 0.647. The van der Waals surface area contributed by atoms with Crippen LogP contribution in [0, 0.1) is 22.7 Å². The van der Waals surface area contributed by atoms with Gasteiger partial charge in [0.2, 0.25) is 5.82 Å². The molecule has 0 aromatic carbocycles. The molecule has 0 aliphatic heterocycles. The smallest absolute Gasteiger partial charge is 0.212 e. The van der Waals surface area contributed by atoms with Gasteiger partial charge in [-0.15, -0.1) is 0 Å². The summed E-state index contributed by atoms with van der Waals surface area (Å²) in [5.74, 6) is 0.381. The Hall–Kier alpha value is -1.85. The summed E-state index contributed by atoms with van der Waals surface area (Å²) in [6.07, 6.45) is 3.96. The molecule has 5 heteroatoms. The number of hydrogen-bond acceptors (Lipinski definition) is 4. The van der Waals surface area contributed by atoms with Crippen LogP contribution in [-0.2, 0) is 6.54 Å². The first-order valence-corrected chi connectivity index (χ1v) is 4.66. The van der Waals surface area contributed by atoms with E-state index in [1.54, 1.807) is 24.0 Å². The van der Waals surface area contributed by atoms with Crippen molar-refractivity contribution >= 4 is 0 Å². The first-order valence-electron chi connectivity index (χ1n) is 4.66. The summed E-state index contributed by atoms with van der Waals surface area (Å²) in [5.41, 5.74) is -0.559. The lowest BCUT2D eigenvalue weighted by Crippen LogP contribution is -2.39. The lowest BCUT2D eigenvalue weighted by atomic mass is 10.0. The zero-order chi connectivity index (χ0) is 11.3. The summed E-state index contributed by atoms with van der Waals surface area (Å²) >= 11 is 0. The molecule has 1 N–H and O–H groups in total. The minimum Gasteiger partial charge on any atom is -0.323 e. The molecule has 1 unspecified atom stereocenters. The van der Waals surface area contributed by atoms with E-state index in [2.05, 4.69) is 16.4 Å². The minimum atomic E-state index is -0.559. The molecular formula is C10H13N5. The molecule has 0 saturated heterocycles. The van der Waals surface area contributed by atoms with Crippen molar-refractivity contribution in [3.05, 3.63) is 18.2 Å². The van der Waals surface area contributed by atoms with E-state index in [1.165, 1.54) is 0 Å². The number of nitrogens with zero attached hydrogens (tertiary/aromatic N) is 4. The van der Waals surface area contributed by atoms with Crippen LogP contribution < -0.4 is 5.32 Å². The van der Waals surface area contributed by atoms with Gasteiger partial charge in [0.15, 0.2) is 0 Å². The average molecular weight is 203 g/mol. The van der Waals surface area contributed by atoms with Gasteiger partial charge in [0.05, 0.1) is 6.07 Å². The minimum absolute atomic E-state index is 0.381. The molecule has 0 spiro atoms. The fraction of sp³-hybridized carbons (Fsp3) is 0.500. The molecule has 5 nitrogen and oxygen atoms in total. The number of rotatable bonds is 4. The number of aromatic nitrogens is 2. The van der Waals surface area contributed by atoms with Crippen LogP contribution in [-0.4, -0.2) is 22.1 Å². The Balaban J connectivity index is 2.66. The van der Waals surface area contributed by atoms with Gasteiger partial charge in [-0.05, 0) is 20.4 Å². The molecule has 0 aliphatic carbocycles. The van der Waals surface area contributed by atoms with Crippen LogP contribution in [0.3, 0.4) is 0 Å². The van der Waals surface area contributed by atoms with Crippen molar-refractivity contribution in [3.8, 4) is 12.1 Å². The van der Waals surface area contributed by atoms with Crippen molar-refractivity contribution in [2.75, 3.05) is 7.05 Å².